The molecule has 8 nitrogen and oxygen atoms in total. The SMILES string of the molecule is [O-][n+]1onc2cc(/C=C/c3ccc(C(F)(F)F)cc3)ccc21.[O-][n+]1onc2ccc(/C=C/c3ccc(C(F)(F)F)cc3)cc21. The molecular formula is C30H18F6N4O4. The van der Waals surface area contributed by atoms with Crippen LogP contribution in [0.15, 0.2) is 94.2 Å². The predicted octanol–water partition coefficient (Wildman–Crippen LogP) is 7.30. The third-order valence-electron chi connectivity index (χ3n) is 6.23. The van der Waals surface area contributed by atoms with E-state index < -0.39 is 23.5 Å². The Morgan fingerprint density at radius 1 is 0.500 bits per heavy atom. The Kier molecular flexibility index (Phi) is 8.07. The first kappa shape index (κ1) is 29.8. The van der Waals surface area contributed by atoms with E-state index in [1.165, 1.54) is 24.3 Å². The van der Waals surface area contributed by atoms with E-state index >= 15 is 0 Å². The zero-order valence-corrected chi connectivity index (χ0v) is 22.1. The van der Waals surface area contributed by atoms with Gasteiger partial charge in [-0.15, -0.1) is 0 Å². The van der Waals surface area contributed by atoms with Gasteiger partial charge in [0.05, 0.1) is 11.1 Å². The van der Waals surface area contributed by atoms with E-state index in [1.807, 2.05) is 0 Å². The molecule has 6 rings (SSSR count). The fourth-order valence-corrected chi connectivity index (χ4v) is 3.94. The molecule has 0 saturated heterocycles. The van der Waals surface area contributed by atoms with Crippen molar-refractivity contribution < 1.29 is 45.4 Å². The number of hydrogen-bond acceptors (Lipinski definition) is 6. The molecule has 0 aliphatic rings. The molecule has 0 fully saturated rings. The van der Waals surface area contributed by atoms with Crippen LogP contribution in [-0.4, -0.2) is 10.3 Å². The van der Waals surface area contributed by atoms with Crippen molar-refractivity contribution in [2.24, 2.45) is 0 Å². The lowest BCUT2D eigenvalue weighted by molar-refractivity contribution is -0.782. The summed E-state index contributed by atoms with van der Waals surface area (Å²) in [7, 11) is 0. The maximum atomic E-state index is 12.5. The van der Waals surface area contributed by atoms with Gasteiger partial charge in [-0.2, -0.15) is 26.3 Å². The Morgan fingerprint density at radius 3 is 1.43 bits per heavy atom. The highest BCUT2D eigenvalue weighted by Crippen LogP contribution is 2.30. The summed E-state index contributed by atoms with van der Waals surface area (Å²) in [6.45, 7) is 0. The summed E-state index contributed by atoms with van der Waals surface area (Å²) in [6.07, 6.45) is -1.95. The largest absolute Gasteiger partial charge is 0.416 e. The summed E-state index contributed by atoms with van der Waals surface area (Å²) in [5.74, 6) is 0. The molecule has 44 heavy (non-hydrogen) atoms. The van der Waals surface area contributed by atoms with Gasteiger partial charge in [0.1, 0.15) is 0 Å². The monoisotopic (exact) mass is 612 g/mol. The molecule has 0 unspecified atom stereocenters. The molecule has 6 aromatic rings. The third kappa shape index (κ3) is 7.03. The Hall–Kier alpha value is -5.66. The molecule has 0 aliphatic heterocycles. The molecular weight excluding hydrogens is 594 g/mol. The first-order valence-corrected chi connectivity index (χ1v) is 12.6. The van der Waals surface area contributed by atoms with Crippen LogP contribution in [0.4, 0.5) is 26.3 Å². The number of halogens is 6. The van der Waals surface area contributed by atoms with Crippen molar-refractivity contribution in [3.05, 3.63) is 129 Å². The van der Waals surface area contributed by atoms with Crippen molar-refractivity contribution in [1.29, 1.82) is 0 Å². The zero-order valence-electron chi connectivity index (χ0n) is 22.1. The van der Waals surface area contributed by atoms with Crippen LogP contribution < -0.4 is 9.81 Å². The average Bonchev–Trinajstić information content (AvgIpc) is 3.56. The van der Waals surface area contributed by atoms with Gasteiger partial charge in [-0.3, -0.25) is 9.26 Å². The highest BCUT2D eigenvalue weighted by atomic mass is 19.4. The Morgan fingerprint density at radius 2 is 0.909 bits per heavy atom. The smallest absolute Gasteiger partial charge is 0.359 e. The van der Waals surface area contributed by atoms with Crippen molar-refractivity contribution in [2.45, 2.75) is 12.4 Å². The summed E-state index contributed by atoms with van der Waals surface area (Å²) < 4.78 is 83.7. The summed E-state index contributed by atoms with van der Waals surface area (Å²) in [4.78, 5) is 0.601. The van der Waals surface area contributed by atoms with E-state index in [2.05, 4.69) is 19.6 Å². The first-order valence-electron chi connectivity index (χ1n) is 12.6. The maximum absolute atomic E-state index is 12.5. The minimum absolute atomic E-state index is 0.287. The lowest BCUT2D eigenvalue weighted by Gasteiger charge is -2.05. The van der Waals surface area contributed by atoms with E-state index in [1.54, 1.807) is 60.7 Å². The average molecular weight is 612 g/mol. The third-order valence-corrected chi connectivity index (χ3v) is 6.23. The van der Waals surface area contributed by atoms with Crippen molar-refractivity contribution in [2.75, 3.05) is 0 Å². The van der Waals surface area contributed by atoms with Crippen LogP contribution in [-0.2, 0) is 12.4 Å². The Labute approximate surface area is 243 Å². The second kappa shape index (κ2) is 11.9. The fourth-order valence-electron chi connectivity index (χ4n) is 3.94. The second-order valence-corrected chi connectivity index (χ2v) is 9.26. The second-order valence-electron chi connectivity index (χ2n) is 9.26. The first-order chi connectivity index (χ1) is 20.9. The van der Waals surface area contributed by atoms with Crippen molar-refractivity contribution in [3.63, 3.8) is 0 Å². The van der Waals surface area contributed by atoms with E-state index in [0.717, 1.165) is 29.8 Å². The standard InChI is InChI=1S/2C15H9F3N2O2/c16-15(17,18)12-6-3-10(4-7-12)1-2-11-5-8-14-13(9-11)19-22-20(14)21;16-15(17,18)12-6-3-10(4-7-12)1-2-11-5-8-13-14(9-11)20(21)22-19-13/h2*1-9H/b2*2-1+. The van der Waals surface area contributed by atoms with Crippen molar-refractivity contribution >= 4 is 46.4 Å². The summed E-state index contributed by atoms with van der Waals surface area (Å²) >= 11 is 0. The van der Waals surface area contributed by atoms with Crippen molar-refractivity contribution in [3.8, 4) is 0 Å². The van der Waals surface area contributed by atoms with Crippen LogP contribution in [0.25, 0.3) is 46.4 Å². The van der Waals surface area contributed by atoms with Gasteiger partial charge in [-0.05, 0) is 68.5 Å². The van der Waals surface area contributed by atoms with Crippen LogP contribution in [0, 0.1) is 10.4 Å². The number of fused-ring (bicyclic) bond motifs is 2. The van der Waals surface area contributed by atoms with E-state index in [9.17, 15) is 36.8 Å². The zero-order chi connectivity index (χ0) is 31.5. The molecule has 0 amide bonds. The number of alkyl halides is 6. The number of hydrogen-bond donors (Lipinski definition) is 0. The van der Waals surface area contributed by atoms with Gasteiger partial charge in [0.25, 0.3) is 0 Å². The Balaban J connectivity index is 0.000000175. The molecule has 0 aliphatic carbocycles. The van der Waals surface area contributed by atoms with Gasteiger partial charge in [0, 0.05) is 22.4 Å². The minimum atomic E-state index is -4.34. The molecule has 2 heterocycles. The van der Waals surface area contributed by atoms with Crippen molar-refractivity contribution in [1.82, 2.24) is 10.3 Å². The Bertz CT molecular complexity index is 1960. The molecule has 0 N–H and O–H groups in total. The summed E-state index contributed by atoms with van der Waals surface area (Å²) in [6, 6.07) is 19.5. The normalized spacial score (nSPS) is 12.3. The van der Waals surface area contributed by atoms with Gasteiger partial charge in [-0.1, -0.05) is 60.7 Å². The number of nitrogens with zero attached hydrogens (tertiary/aromatic N) is 4. The van der Waals surface area contributed by atoms with Crippen LogP contribution in [0.5, 0.6) is 0 Å². The maximum Gasteiger partial charge on any atom is 0.416 e. The van der Waals surface area contributed by atoms with Gasteiger partial charge >= 0.3 is 12.4 Å². The van der Waals surface area contributed by atoms with Crippen LogP contribution >= 0.6 is 0 Å². The molecule has 2 aromatic heterocycles. The molecule has 0 bridgehead atoms. The van der Waals surface area contributed by atoms with E-state index in [-0.39, 0.29) is 5.52 Å². The highest BCUT2D eigenvalue weighted by molar-refractivity contribution is 5.79. The molecule has 14 heteroatoms. The highest BCUT2D eigenvalue weighted by Gasteiger charge is 2.30. The molecule has 0 atom stereocenters. The fraction of sp³-hybridized carbons (Fsp3) is 0.0667. The lowest BCUT2D eigenvalue weighted by atomic mass is 10.1. The molecule has 0 spiro atoms. The van der Waals surface area contributed by atoms with Gasteiger partial charge in [0.2, 0.25) is 22.1 Å². The lowest BCUT2D eigenvalue weighted by Crippen LogP contribution is -2.22. The summed E-state index contributed by atoms with van der Waals surface area (Å²) in [5.41, 5.74) is 2.77. The van der Waals surface area contributed by atoms with Crippen LogP contribution in [0.3, 0.4) is 0 Å². The summed E-state index contributed by atoms with van der Waals surface area (Å²) in [5, 5.41) is 29.6. The molecule has 4 aromatic carbocycles. The molecule has 224 valence electrons. The quantitative estimate of drug-likeness (QED) is 0.118. The van der Waals surface area contributed by atoms with E-state index in [0.29, 0.717) is 43.0 Å². The van der Waals surface area contributed by atoms with Crippen LogP contribution in [0.1, 0.15) is 33.4 Å². The molecule has 0 saturated carbocycles. The predicted molar refractivity (Wildman–Crippen MR) is 147 cm³/mol. The van der Waals surface area contributed by atoms with E-state index in [4.69, 9.17) is 0 Å². The van der Waals surface area contributed by atoms with Crippen LogP contribution in [0.2, 0.25) is 0 Å². The van der Waals surface area contributed by atoms with Gasteiger partial charge < -0.3 is 10.4 Å². The molecule has 0 radical (unpaired) electrons. The minimum Gasteiger partial charge on any atom is -0.359 e. The van der Waals surface area contributed by atoms with Gasteiger partial charge in [-0.25, -0.2) is 0 Å². The number of benzene rings is 4. The number of aromatic nitrogens is 4. The topological polar surface area (TPSA) is 106 Å². The number of rotatable bonds is 4. The van der Waals surface area contributed by atoms with Gasteiger partial charge in [0.15, 0.2) is 0 Å².